The molecule has 0 aromatic heterocycles. The van der Waals surface area contributed by atoms with Gasteiger partial charge in [0.1, 0.15) is 0 Å². The van der Waals surface area contributed by atoms with Gasteiger partial charge in [-0.25, -0.2) is 0 Å². The number of rotatable bonds is 30. The molecule has 11 unspecified atom stereocenters. The Kier molecular flexibility index (Phi) is 46.1. The van der Waals surface area contributed by atoms with Crippen molar-refractivity contribution in [3.05, 3.63) is 0 Å². The molecule has 21 N–H and O–H groups in total. The molecule has 0 radical (unpaired) electrons. The first-order valence-electron chi connectivity index (χ1n) is 41.5. The fourth-order valence-electron chi connectivity index (χ4n) is 15.8. The van der Waals surface area contributed by atoms with Crippen molar-refractivity contribution in [3.63, 3.8) is 0 Å². The van der Waals surface area contributed by atoms with Crippen molar-refractivity contribution < 1.29 is 0 Å². The van der Waals surface area contributed by atoms with Crippen LogP contribution in [-0.4, -0.2) is 361 Å². The number of nitrogens with two attached hydrogens (primary N) is 10. The summed E-state index contributed by atoms with van der Waals surface area (Å²) in [5, 5.41) is 3.23. The van der Waals surface area contributed by atoms with Crippen LogP contribution in [0, 0.1) is 0 Å². The molecule has 0 spiro atoms. The lowest BCUT2D eigenvalue weighted by atomic mass is 9.93. The predicted octanol–water partition coefficient (Wildman–Crippen LogP) is 4.51. The van der Waals surface area contributed by atoms with Gasteiger partial charge in [-0.3, -0.25) is 53.9 Å². The highest BCUT2D eigenvalue weighted by molar-refractivity contribution is 4.99. The number of piperazine rings is 6. The maximum atomic E-state index is 6.15. The third kappa shape index (κ3) is 40.7. The Hall–Kier alpha value is -0.920. The Bertz CT molecular complexity index is 2140. The van der Waals surface area contributed by atoms with E-state index in [0.29, 0.717) is 47.8 Å². The zero-order valence-corrected chi connectivity index (χ0v) is 73.2. The standard InChI is InChI=1S/3C14H32N4.C13H30N4.C13H29N3.C12H28N4/c1-12(2,15)9-17-7-8-18(10-13(3,4)16)14(5,6)11-17;1-10(15)12(3)17-7-8-18(13(4)11(2)16)14(5,6)9-17;1-5-12(15)9-17-7-8-18(10-13(16)6-2)14(3,4)11-17;1-11(14)4-6-16-8-9-17(13(3)10-16)7-5-12(2)15;1-5-6-8-16-11-10-15(9-7-14-4)12-13(16,2)3;1-10(13)7-15-5-6-16(8-11(2)14)12(3,4)9-15/h7-11,15-16H2,1-6H3;10-13H,7-9,15-16H2,1-6H3;12-13H,5-11,15-16H2,1-4H3;11-13H,4-10,14-15H2,1-3H3;14H,5-12H2,1-4H3;10-11H,5-9,13-14H2,1-4H3. The molecule has 6 saturated heterocycles. The lowest BCUT2D eigenvalue weighted by molar-refractivity contribution is -0.0272. The molecule has 23 nitrogen and oxygen atoms in total. The summed E-state index contributed by atoms with van der Waals surface area (Å²) >= 11 is 0. The maximum Gasteiger partial charge on any atom is 0.0284 e. The summed E-state index contributed by atoms with van der Waals surface area (Å²) in [6.45, 7) is 89.5. The first-order chi connectivity index (χ1) is 47.3. The molecule has 0 aromatic carbocycles. The fourth-order valence-corrected chi connectivity index (χ4v) is 15.8. The molecule has 0 aliphatic carbocycles. The Labute approximate surface area is 639 Å². The molecule has 0 aromatic rings. The van der Waals surface area contributed by atoms with Gasteiger partial charge in [-0.05, 0) is 218 Å². The van der Waals surface area contributed by atoms with Crippen LogP contribution in [0.5, 0.6) is 0 Å². The van der Waals surface area contributed by atoms with Gasteiger partial charge >= 0.3 is 0 Å². The molecule has 23 heteroatoms. The third-order valence-corrected chi connectivity index (χ3v) is 22.6. The minimum atomic E-state index is -0.132. The molecule has 0 saturated carbocycles. The molecule has 0 amide bonds. The summed E-state index contributed by atoms with van der Waals surface area (Å²) in [6, 6.07) is 3.70. The van der Waals surface area contributed by atoms with E-state index in [-0.39, 0.29) is 57.4 Å². The van der Waals surface area contributed by atoms with Crippen LogP contribution in [0.1, 0.15) is 219 Å². The molecule has 6 rings (SSSR count). The average molecular weight is 1470 g/mol. The highest BCUT2D eigenvalue weighted by Gasteiger charge is 2.41. The minimum absolute atomic E-state index is 0.120. The highest BCUT2D eigenvalue weighted by Crippen LogP contribution is 2.28. The Balaban J connectivity index is 0.000000618. The molecular weight excluding hydrogens is 1280 g/mol. The molecule has 6 heterocycles. The molecule has 6 fully saturated rings. The van der Waals surface area contributed by atoms with Crippen molar-refractivity contribution in [3.8, 4) is 0 Å². The van der Waals surface area contributed by atoms with Crippen molar-refractivity contribution >= 4 is 0 Å². The van der Waals surface area contributed by atoms with E-state index in [1.54, 1.807) is 0 Å². The third-order valence-electron chi connectivity index (χ3n) is 22.6. The average Bonchev–Trinajstić information content (AvgIpc) is 0.758. The van der Waals surface area contributed by atoms with E-state index >= 15 is 0 Å². The van der Waals surface area contributed by atoms with Crippen molar-refractivity contribution in [1.29, 1.82) is 0 Å². The van der Waals surface area contributed by atoms with Crippen LogP contribution in [0.4, 0.5) is 0 Å². The first-order valence-corrected chi connectivity index (χ1v) is 41.5. The summed E-state index contributed by atoms with van der Waals surface area (Å²) in [5.41, 5.74) is 60.7. The van der Waals surface area contributed by atoms with E-state index in [1.165, 1.54) is 65.2 Å². The second kappa shape index (κ2) is 47.4. The van der Waals surface area contributed by atoms with Crippen molar-refractivity contribution in [1.82, 2.24) is 64.1 Å². The molecule has 6 aliphatic rings. The second-order valence-electron chi connectivity index (χ2n) is 38.1. The molecule has 618 valence electrons. The van der Waals surface area contributed by atoms with E-state index in [9.17, 15) is 0 Å². The lowest BCUT2D eigenvalue weighted by Crippen LogP contribution is -2.66. The number of likely N-dealkylation sites (N-methyl/N-ethyl adjacent to an activating group) is 1. The zero-order valence-electron chi connectivity index (χ0n) is 73.2. The van der Waals surface area contributed by atoms with E-state index in [4.69, 9.17) is 57.3 Å². The van der Waals surface area contributed by atoms with Gasteiger partial charge in [0.25, 0.3) is 0 Å². The SMILES string of the molecule is CC(C)(N)CN1CCN(CC(C)(C)N)C(C)(C)C1.CC(N)C(C)N1CCN(C(C)C(C)N)C(C)(C)C1.CC(N)CCN1CCN(CCC(C)N)C(C)C1.CC(N)CN1CCN(CC(C)N)C(C)(C)C1.CCC(N)CN1CCN(CC(N)CC)C(C)(C)C1.CCCCN1CCN(CCNC)CC1(C)C. The Morgan fingerprint density at radius 3 is 1.27 bits per heavy atom. The van der Waals surface area contributed by atoms with Gasteiger partial charge in [-0.2, -0.15) is 0 Å². The molecule has 6 aliphatic heterocycles. The largest absolute Gasteiger partial charge is 0.328 e. The van der Waals surface area contributed by atoms with Crippen LogP contribution in [0.25, 0.3) is 0 Å². The van der Waals surface area contributed by atoms with E-state index in [2.05, 4.69) is 244 Å². The molecule has 0 bridgehead atoms. The smallest absolute Gasteiger partial charge is 0.0284 e. The van der Waals surface area contributed by atoms with Crippen LogP contribution in [0.15, 0.2) is 0 Å². The quantitative estimate of drug-likeness (QED) is 0.0471. The van der Waals surface area contributed by atoms with Crippen molar-refractivity contribution in [2.75, 3.05) is 197 Å². The summed E-state index contributed by atoms with van der Waals surface area (Å²) in [6.07, 6.45) is 6.95. The Morgan fingerprint density at radius 2 is 0.835 bits per heavy atom. The van der Waals surface area contributed by atoms with Crippen LogP contribution < -0.4 is 62.7 Å². The second-order valence-corrected chi connectivity index (χ2v) is 38.1. The topological polar surface area (TPSA) is 311 Å². The van der Waals surface area contributed by atoms with Crippen molar-refractivity contribution in [2.45, 2.75) is 324 Å². The predicted molar refractivity (Wildman–Crippen MR) is 450 cm³/mol. The number of nitrogens with one attached hydrogen (secondary N) is 1. The van der Waals surface area contributed by atoms with Crippen LogP contribution in [-0.2, 0) is 0 Å². The van der Waals surface area contributed by atoms with Gasteiger partial charge < -0.3 is 67.6 Å². The van der Waals surface area contributed by atoms with Crippen molar-refractivity contribution in [2.24, 2.45) is 57.3 Å². The van der Waals surface area contributed by atoms with Gasteiger partial charge in [0.05, 0.1) is 0 Å². The molecule has 11 atom stereocenters. The minimum Gasteiger partial charge on any atom is -0.328 e. The normalized spacial score (nSPS) is 25.5. The van der Waals surface area contributed by atoms with E-state index in [0.717, 1.165) is 163 Å². The summed E-state index contributed by atoms with van der Waals surface area (Å²) in [4.78, 5) is 30.4. The Morgan fingerprint density at radius 1 is 0.408 bits per heavy atom. The zero-order chi connectivity index (χ0) is 79.2. The van der Waals surface area contributed by atoms with E-state index in [1.807, 2.05) is 7.05 Å². The molecular formula is C80H183N23. The number of unbranched alkanes of at least 4 members (excludes halogenated alkanes) is 1. The maximum absolute atomic E-state index is 6.15. The monoisotopic (exact) mass is 1470 g/mol. The number of hydrogen-bond donors (Lipinski definition) is 11. The highest BCUT2D eigenvalue weighted by atomic mass is 15.4. The van der Waals surface area contributed by atoms with Gasteiger partial charge in [0.15, 0.2) is 0 Å². The lowest BCUT2D eigenvalue weighted by Gasteiger charge is -2.52. The van der Waals surface area contributed by atoms with Crippen LogP contribution in [0.3, 0.4) is 0 Å². The van der Waals surface area contributed by atoms with Crippen LogP contribution >= 0.6 is 0 Å². The summed E-state index contributed by atoms with van der Waals surface area (Å²) < 4.78 is 0. The van der Waals surface area contributed by atoms with Gasteiger partial charge in [-0.1, -0.05) is 27.2 Å². The van der Waals surface area contributed by atoms with Crippen LogP contribution in [0.2, 0.25) is 0 Å². The van der Waals surface area contributed by atoms with Gasteiger partial charge in [0, 0.05) is 275 Å². The first kappa shape index (κ1) is 100. The summed E-state index contributed by atoms with van der Waals surface area (Å²) in [7, 11) is 2.03. The van der Waals surface area contributed by atoms with E-state index < -0.39 is 0 Å². The molecule has 103 heavy (non-hydrogen) atoms. The van der Waals surface area contributed by atoms with Gasteiger partial charge in [0.2, 0.25) is 0 Å². The number of hydrogen-bond acceptors (Lipinski definition) is 23. The number of nitrogens with zero attached hydrogens (tertiary/aromatic N) is 12. The fraction of sp³-hybridized carbons (Fsp3) is 1.00. The summed E-state index contributed by atoms with van der Waals surface area (Å²) in [5.74, 6) is 0. The van der Waals surface area contributed by atoms with Gasteiger partial charge in [-0.15, -0.1) is 0 Å².